The lowest BCUT2D eigenvalue weighted by Gasteiger charge is -2.06. The quantitative estimate of drug-likeness (QED) is 0.400. The van der Waals surface area contributed by atoms with Gasteiger partial charge in [-0.25, -0.2) is 10.4 Å². The number of aryl methyl sites for hydroxylation is 1. The number of hydrogen-bond donors (Lipinski definition) is 2. The highest BCUT2D eigenvalue weighted by molar-refractivity contribution is 5.86. The lowest BCUT2D eigenvalue weighted by Crippen LogP contribution is -2.16. The van der Waals surface area contributed by atoms with Crippen molar-refractivity contribution in [1.82, 2.24) is 9.97 Å². The first kappa shape index (κ1) is 18.5. The van der Waals surface area contributed by atoms with Crippen LogP contribution in [0.3, 0.4) is 0 Å². The van der Waals surface area contributed by atoms with Gasteiger partial charge in [0.2, 0.25) is 5.95 Å². The number of nitrogens with zero attached hydrogens (tertiary/aromatic N) is 4. The minimum absolute atomic E-state index is 0.00871. The Morgan fingerprint density at radius 3 is 2.68 bits per heavy atom. The van der Waals surface area contributed by atoms with E-state index in [2.05, 4.69) is 20.5 Å². The maximum atomic E-state index is 12.2. The van der Waals surface area contributed by atoms with E-state index in [-0.39, 0.29) is 22.9 Å². The van der Waals surface area contributed by atoms with E-state index in [9.17, 15) is 20.2 Å². The molecule has 9 heteroatoms. The zero-order valence-electron chi connectivity index (χ0n) is 14.7. The van der Waals surface area contributed by atoms with Crippen LogP contribution in [-0.4, -0.2) is 21.1 Å². The van der Waals surface area contributed by atoms with Crippen LogP contribution < -0.4 is 11.0 Å². The van der Waals surface area contributed by atoms with Gasteiger partial charge >= 0.3 is 0 Å². The highest BCUT2D eigenvalue weighted by Gasteiger charge is 2.15. The second-order valence-corrected chi connectivity index (χ2v) is 5.76. The summed E-state index contributed by atoms with van der Waals surface area (Å²) in [5.74, 6) is 0.00871. The molecule has 0 aliphatic rings. The average Bonchev–Trinajstić information content (AvgIpc) is 2.68. The van der Waals surface area contributed by atoms with Crippen molar-refractivity contribution in [3.63, 3.8) is 0 Å². The first-order valence-electron chi connectivity index (χ1n) is 8.14. The third kappa shape index (κ3) is 3.76. The lowest BCUT2D eigenvalue weighted by molar-refractivity contribution is -0.385. The van der Waals surface area contributed by atoms with Gasteiger partial charge in [-0.1, -0.05) is 42.5 Å². The van der Waals surface area contributed by atoms with E-state index in [1.807, 2.05) is 6.07 Å². The van der Waals surface area contributed by atoms with Crippen molar-refractivity contribution < 1.29 is 4.92 Å². The van der Waals surface area contributed by atoms with Crippen molar-refractivity contribution in [1.29, 1.82) is 5.26 Å². The molecule has 1 heterocycles. The Balaban J connectivity index is 1.95. The number of nitriles is 1. The van der Waals surface area contributed by atoms with Crippen LogP contribution in [0.1, 0.15) is 16.7 Å². The van der Waals surface area contributed by atoms with Gasteiger partial charge in [0, 0.05) is 11.1 Å². The molecule has 2 aromatic carbocycles. The molecule has 9 nitrogen and oxygen atoms in total. The monoisotopic (exact) mass is 374 g/mol. The maximum Gasteiger partial charge on any atom is 0.281 e. The van der Waals surface area contributed by atoms with Crippen LogP contribution >= 0.6 is 0 Å². The van der Waals surface area contributed by atoms with Crippen LogP contribution in [0.25, 0.3) is 11.3 Å². The topological polar surface area (TPSA) is 137 Å². The molecule has 0 spiro atoms. The predicted molar refractivity (Wildman–Crippen MR) is 104 cm³/mol. The standard InChI is InChI=1S/C19H14N6O3/c1-12-6-5-9-14(17(12)25(27)28)11-21-24-19-22-16(13-7-3-2-4-8-13)15(10-20)18(26)23-19/h2-9,11H,1H3,(H2,22,23,24,26). The Hall–Kier alpha value is -4.32. The molecule has 0 saturated carbocycles. The minimum atomic E-state index is -0.615. The number of nitrogens with one attached hydrogen (secondary N) is 2. The van der Waals surface area contributed by atoms with E-state index < -0.39 is 10.5 Å². The van der Waals surface area contributed by atoms with Crippen LogP contribution in [-0.2, 0) is 0 Å². The van der Waals surface area contributed by atoms with E-state index in [1.54, 1.807) is 55.5 Å². The molecule has 28 heavy (non-hydrogen) atoms. The van der Waals surface area contributed by atoms with Crippen molar-refractivity contribution in [2.24, 2.45) is 5.10 Å². The first-order chi connectivity index (χ1) is 13.5. The summed E-state index contributed by atoms with van der Waals surface area (Å²) < 4.78 is 0. The van der Waals surface area contributed by atoms with Crippen LogP contribution in [0.5, 0.6) is 0 Å². The molecule has 0 amide bonds. The van der Waals surface area contributed by atoms with Crippen molar-refractivity contribution >= 4 is 17.9 Å². The number of aromatic nitrogens is 2. The first-order valence-corrected chi connectivity index (χ1v) is 8.14. The number of H-pyrrole nitrogens is 1. The van der Waals surface area contributed by atoms with Crippen LogP contribution in [0.15, 0.2) is 58.4 Å². The SMILES string of the molecule is Cc1cccc(C=NNc2nc(-c3ccccc3)c(C#N)c(=O)[nH]2)c1[N+](=O)[O-]. The molecule has 138 valence electrons. The molecule has 0 fully saturated rings. The number of rotatable bonds is 5. The summed E-state index contributed by atoms with van der Waals surface area (Å²) >= 11 is 0. The highest BCUT2D eigenvalue weighted by atomic mass is 16.6. The van der Waals surface area contributed by atoms with E-state index in [1.165, 1.54) is 6.21 Å². The molecule has 3 aromatic rings. The number of hydrazone groups is 1. The summed E-state index contributed by atoms with van der Waals surface area (Å²) in [6, 6.07) is 15.5. The molecule has 0 atom stereocenters. The number of hydrogen-bond acceptors (Lipinski definition) is 7. The Labute approximate surface area is 159 Å². The normalized spacial score (nSPS) is 10.6. The van der Waals surface area contributed by atoms with Gasteiger partial charge in [0.1, 0.15) is 11.6 Å². The van der Waals surface area contributed by atoms with Crippen LogP contribution in [0.2, 0.25) is 0 Å². The number of anilines is 1. The number of para-hydroxylation sites is 1. The molecule has 0 aliphatic heterocycles. The van der Waals surface area contributed by atoms with Gasteiger partial charge in [0.15, 0.2) is 0 Å². The van der Waals surface area contributed by atoms with E-state index in [0.717, 1.165) is 0 Å². The number of nitro groups is 1. The maximum absolute atomic E-state index is 12.2. The molecule has 0 bridgehead atoms. The molecule has 0 aliphatic carbocycles. The number of aromatic amines is 1. The third-order valence-corrected chi connectivity index (χ3v) is 3.90. The number of nitro benzene ring substituents is 1. The zero-order chi connectivity index (χ0) is 20.1. The Morgan fingerprint density at radius 2 is 2.00 bits per heavy atom. The third-order valence-electron chi connectivity index (χ3n) is 3.90. The molecular weight excluding hydrogens is 360 g/mol. The summed E-state index contributed by atoms with van der Waals surface area (Å²) in [4.78, 5) is 29.6. The van der Waals surface area contributed by atoms with Crippen molar-refractivity contribution in [3.8, 4) is 17.3 Å². The van der Waals surface area contributed by atoms with Crippen LogP contribution in [0, 0.1) is 28.4 Å². The fourth-order valence-corrected chi connectivity index (χ4v) is 2.63. The molecule has 2 N–H and O–H groups in total. The summed E-state index contributed by atoms with van der Waals surface area (Å²) in [5.41, 5.74) is 3.39. The fourth-order valence-electron chi connectivity index (χ4n) is 2.63. The van der Waals surface area contributed by atoms with Gasteiger partial charge in [0.05, 0.1) is 22.4 Å². The molecule has 0 saturated heterocycles. The van der Waals surface area contributed by atoms with Gasteiger partial charge in [-0.15, -0.1) is 0 Å². The zero-order valence-corrected chi connectivity index (χ0v) is 14.7. The molecular formula is C19H14N6O3. The van der Waals surface area contributed by atoms with Gasteiger partial charge in [-0.3, -0.25) is 19.9 Å². The van der Waals surface area contributed by atoms with Gasteiger partial charge in [-0.05, 0) is 13.0 Å². The van der Waals surface area contributed by atoms with Crippen LogP contribution in [0.4, 0.5) is 11.6 Å². The second kappa shape index (κ2) is 7.92. The number of benzene rings is 2. The fraction of sp³-hybridized carbons (Fsp3) is 0.0526. The molecule has 1 aromatic heterocycles. The largest absolute Gasteiger partial charge is 0.290 e. The van der Waals surface area contributed by atoms with Crippen molar-refractivity contribution in [3.05, 3.63) is 85.7 Å². The Bertz CT molecular complexity index is 1160. The Morgan fingerprint density at radius 1 is 1.25 bits per heavy atom. The van der Waals surface area contributed by atoms with Crippen molar-refractivity contribution in [2.45, 2.75) is 6.92 Å². The molecule has 0 radical (unpaired) electrons. The lowest BCUT2D eigenvalue weighted by atomic mass is 10.1. The van der Waals surface area contributed by atoms with E-state index in [4.69, 9.17) is 0 Å². The Kier molecular flexibility index (Phi) is 5.23. The smallest absolute Gasteiger partial charge is 0.281 e. The van der Waals surface area contributed by atoms with Gasteiger partial charge < -0.3 is 0 Å². The average molecular weight is 374 g/mol. The molecule has 3 rings (SSSR count). The summed E-state index contributed by atoms with van der Waals surface area (Å²) in [6.07, 6.45) is 1.27. The van der Waals surface area contributed by atoms with Crippen molar-refractivity contribution in [2.75, 3.05) is 5.43 Å². The van der Waals surface area contributed by atoms with Gasteiger partial charge in [-0.2, -0.15) is 10.4 Å². The highest BCUT2D eigenvalue weighted by Crippen LogP contribution is 2.22. The van der Waals surface area contributed by atoms with E-state index in [0.29, 0.717) is 16.7 Å². The summed E-state index contributed by atoms with van der Waals surface area (Å²) in [5, 5.41) is 24.4. The summed E-state index contributed by atoms with van der Waals surface area (Å²) in [7, 11) is 0. The second-order valence-electron chi connectivity index (χ2n) is 5.76. The van der Waals surface area contributed by atoms with Gasteiger partial charge in [0.25, 0.3) is 11.2 Å². The predicted octanol–water partition coefficient (Wildman–Crippen LogP) is 2.97. The minimum Gasteiger partial charge on any atom is -0.290 e. The molecule has 0 unspecified atom stereocenters. The van der Waals surface area contributed by atoms with E-state index >= 15 is 0 Å². The summed E-state index contributed by atoms with van der Waals surface area (Å²) in [6.45, 7) is 1.63.